The number of carbonyl (C=O) groups excluding carboxylic acids is 1. The Morgan fingerprint density at radius 2 is 2.00 bits per heavy atom. The molecule has 2 saturated heterocycles. The smallest absolute Gasteiger partial charge is 0.219 e. The van der Waals surface area contributed by atoms with Crippen molar-refractivity contribution in [2.45, 2.75) is 39.3 Å². The summed E-state index contributed by atoms with van der Waals surface area (Å²) in [6.45, 7) is 7.25. The van der Waals surface area contributed by atoms with Gasteiger partial charge in [0.25, 0.3) is 0 Å². The van der Waals surface area contributed by atoms with Crippen molar-refractivity contribution >= 4 is 34.2 Å². The first kappa shape index (κ1) is 20.3. The lowest BCUT2D eigenvalue weighted by atomic mass is 10.0. The van der Waals surface area contributed by atoms with E-state index in [1.807, 2.05) is 34.8 Å². The molecular weight excluding hydrogens is 416 g/mol. The Bertz CT molecular complexity index is 1110. The summed E-state index contributed by atoms with van der Waals surface area (Å²) in [5.74, 6) is 0.986. The van der Waals surface area contributed by atoms with Crippen LogP contribution in [0.1, 0.15) is 38.1 Å². The number of nitrogens with zero attached hydrogens (tertiary/aromatic N) is 5. The number of fused-ring (bicyclic) bond motifs is 1. The number of hydrogen-bond acceptors (Lipinski definition) is 5. The van der Waals surface area contributed by atoms with Crippen LogP contribution in [0.15, 0.2) is 18.3 Å². The molecule has 1 amide bonds. The van der Waals surface area contributed by atoms with Crippen LogP contribution in [0.2, 0.25) is 5.02 Å². The molecule has 2 aliphatic rings. The van der Waals surface area contributed by atoms with Crippen molar-refractivity contribution in [2.24, 2.45) is 0 Å². The summed E-state index contributed by atoms with van der Waals surface area (Å²) < 4.78 is 7.95. The van der Waals surface area contributed by atoms with Gasteiger partial charge in [-0.15, -0.1) is 0 Å². The van der Waals surface area contributed by atoms with Crippen LogP contribution in [-0.4, -0.2) is 63.6 Å². The Balaban J connectivity index is 1.56. The average Bonchev–Trinajstić information content (AvgIpc) is 3.38. The third kappa shape index (κ3) is 3.57. The summed E-state index contributed by atoms with van der Waals surface area (Å²) in [7, 11) is 0. The fourth-order valence-electron chi connectivity index (χ4n) is 4.67. The van der Waals surface area contributed by atoms with E-state index in [9.17, 15) is 4.79 Å². The lowest BCUT2D eigenvalue weighted by Gasteiger charge is -2.35. The Morgan fingerprint density at radius 3 is 2.71 bits per heavy atom. The molecule has 2 fully saturated rings. The molecule has 8 nitrogen and oxygen atoms in total. The van der Waals surface area contributed by atoms with E-state index >= 15 is 0 Å². The Hall–Kier alpha value is -2.58. The van der Waals surface area contributed by atoms with Gasteiger partial charge in [0.05, 0.1) is 11.7 Å². The number of halogens is 1. The highest BCUT2D eigenvalue weighted by molar-refractivity contribution is 6.35. The maximum absolute atomic E-state index is 11.7. The molecule has 5 rings (SSSR count). The molecule has 0 bridgehead atoms. The molecule has 1 aromatic carbocycles. The van der Waals surface area contributed by atoms with Crippen LogP contribution in [0.5, 0.6) is 0 Å². The summed E-state index contributed by atoms with van der Waals surface area (Å²) in [4.78, 5) is 15.8. The second-order valence-electron chi connectivity index (χ2n) is 8.31. The highest BCUT2D eigenvalue weighted by Crippen LogP contribution is 2.42. The van der Waals surface area contributed by atoms with Crippen LogP contribution in [0.4, 0.5) is 5.82 Å². The lowest BCUT2D eigenvalue weighted by Crippen LogP contribution is -2.48. The number of aryl methyl sites for hydroxylation is 1. The number of H-pyrrole nitrogens is 1. The van der Waals surface area contributed by atoms with Crippen LogP contribution in [0, 0.1) is 6.92 Å². The number of rotatable bonds is 3. The van der Waals surface area contributed by atoms with E-state index in [1.54, 1.807) is 6.92 Å². The van der Waals surface area contributed by atoms with E-state index in [4.69, 9.17) is 16.3 Å². The van der Waals surface area contributed by atoms with Crippen LogP contribution in [0.3, 0.4) is 0 Å². The van der Waals surface area contributed by atoms with Crippen molar-refractivity contribution in [3.05, 3.63) is 29.0 Å². The molecule has 0 saturated carbocycles. The van der Waals surface area contributed by atoms with Gasteiger partial charge in [-0.3, -0.25) is 9.89 Å². The first-order chi connectivity index (χ1) is 15.0. The van der Waals surface area contributed by atoms with Gasteiger partial charge in [-0.05, 0) is 38.3 Å². The molecule has 4 heterocycles. The standard InChI is InChI=1S/C22H27ClN6O2/c1-14-20(22(26-25-14)28-10-8-27(9-11-28)15(2)30)21-16-13-24-29(18(16)7-6-17(21)23)19-5-3-4-12-31-19/h6-7,13,19H,3-5,8-12H2,1-2H3,(H,25,26). The third-order valence-corrected chi connectivity index (χ3v) is 6.68. The molecule has 2 aliphatic heterocycles. The van der Waals surface area contributed by atoms with Crippen molar-refractivity contribution < 1.29 is 9.53 Å². The molecule has 1 N–H and O–H groups in total. The molecular formula is C22H27ClN6O2. The number of benzene rings is 1. The molecule has 1 unspecified atom stereocenters. The van der Waals surface area contributed by atoms with Gasteiger partial charge in [-0.2, -0.15) is 10.2 Å². The van der Waals surface area contributed by atoms with E-state index in [0.717, 1.165) is 72.5 Å². The molecule has 9 heteroatoms. The predicted octanol–water partition coefficient (Wildman–Crippen LogP) is 3.76. The summed E-state index contributed by atoms with van der Waals surface area (Å²) in [5, 5.41) is 14.1. The number of nitrogens with one attached hydrogen (secondary N) is 1. The van der Waals surface area contributed by atoms with Crippen molar-refractivity contribution in [1.29, 1.82) is 0 Å². The maximum atomic E-state index is 11.7. The van der Waals surface area contributed by atoms with Crippen LogP contribution < -0.4 is 4.90 Å². The summed E-state index contributed by atoms with van der Waals surface area (Å²) in [6.07, 6.45) is 5.05. The first-order valence-electron chi connectivity index (χ1n) is 10.9. The minimum absolute atomic E-state index is 0.0372. The molecule has 2 aromatic heterocycles. The predicted molar refractivity (Wildman–Crippen MR) is 120 cm³/mol. The zero-order valence-electron chi connectivity index (χ0n) is 17.9. The molecule has 31 heavy (non-hydrogen) atoms. The first-order valence-corrected chi connectivity index (χ1v) is 11.3. The highest BCUT2D eigenvalue weighted by Gasteiger charge is 2.27. The number of ether oxygens (including phenoxy) is 1. The normalized spacial score (nSPS) is 19.9. The quantitative estimate of drug-likeness (QED) is 0.668. The van der Waals surface area contributed by atoms with Crippen molar-refractivity contribution in [3.63, 3.8) is 0 Å². The fourth-order valence-corrected chi connectivity index (χ4v) is 4.93. The van der Waals surface area contributed by atoms with Gasteiger partial charge in [0, 0.05) is 66.9 Å². The molecule has 1 atom stereocenters. The number of hydrogen-bond donors (Lipinski definition) is 1. The van der Waals surface area contributed by atoms with Crippen LogP contribution in [0.25, 0.3) is 22.0 Å². The SMILES string of the molecule is CC(=O)N1CCN(c2n[nH]c(C)c2-c2c(Cl)ccc3c2cnn3C2CCCCO2)CC1. The summed E-state index contributed by atoms with van der Waals surface area (Å²) in [6, 6.07) is 3.96. The Kier molecular flexibility index (Phi) is 5.35. The van der Waals surface area contributed by atoms with E-state index < -0.39 is 0 Å². The van der Waals surface area contributed by atoms with E-state index in [2.05, 4.69) is 20.2 Å². The number of piperazine rings is 1. The Morgan fingerprint density at radius 1 is 1.19 bits per heavy atom. The third-order valence-electron chi connectivity index (χ3n) is 6.36. The summed E-state index contributed by atoms with van der Waals surface area (Å²) >= 11 is 6.76. The van der Waals surface area contributed by atoms with E-state index in [0.29, 0.717) is 18.1 Å². The van der Waals surface area contributed by atoms with Gasteiger partial charge in [-0.1, -0.05) is 11.6 Å². The molecule has 0 radical (unpaired) electrons. The monoisotopic (exact) mass is 442 g/mol. The minimum atomic E-state index is -0.0372. The average molecular weight is 443 g/mol. The lowest BCUT2D eigenvalue weighted by molar-refractivity contribution is -0.129. The molecule has 0 aliphatic carbocycles. The van der Waals surface area contributed by atoms with Crippen LogP contribution >= 0.6 is 11.6 Å². The number of aromatic nitrogens is 4. The largest absolute Gasteiger partial charge is 0.356 e. The van der Waals surface area contributed by atoms with Gasteiger partial charge < -0.3 is 14.5 Å². The van der Waals surface area contributed by atoms with Gasteiger partial charge in [-0.25, -0.2) is 4.68 Å². The molecule has 3 aromatic rings. The number of carbonyl (C=O) groups is 1. The molecule has 0 spiro atoms. The summed E-state index contributed by atoms with van der Waals surface area (Å²) in [5.41, 5.74) is 3.91. The van der Waals surface area contributed by atoms with Gasteiger partial charge >= 0.3 is 0 Å². The van der Waals surface area contributed by atoms with Crippen molar-refractivity contribution in [3.8, 4) is 11.1 Å². The van der Waals surface area contributed by atoms with Crippen LogP contribution in [-0.2, 0) is 9.53 Å². The number of aromatic amines is 1. The topological polar surface area (TPSA) is 79.3 Å². The van der Waals surface area contributed by atoms with E-state index in [-0.39, 0.29) is 12.1 Å². The van der Waals surface area contributed by atoms with Crippen molar-refractivity contribution in [1.82, 2.24) is 24.9 Å². The Labute approximate surface area is 186 Å². The van der Waals surface area contributed by atoms with Crippen molar-refractivity contribution in [2.75, 3.05) is 37.7 Å². The number of anilines is 1. The van der Waals surface area contributed by atoms with Gasteiger partial charge in [0.15, 0.2) is 12.0 Å². The zero-order valence-corrected chi connectivity index (χ0v) is 18.7. The molecule has 164 valence electrons. The number of amides is 1. The van der Waals surface area contributed by atoms with E-state index in [1.165, 1.54) is 0 Å². The minimum Gasteiger partial charge on any atom is -0.356 e. The highest BCUT2D eigenvalue weighted by atomic mass is 35.5. The fraction of sp³-hybridized carbons (Fsp3) is 0.500. The second kappa shape index (κ2) is 8.16. The zero-order chi connectivity index (χ0) is 21.5. The van der Waals surface area contributed by atoms with Gasteiger partial charge in [0.2, 0.25) is 5.91 Å². The second-order valence-corrected chi connectivity index (χ2v) is 8.71. The van der Waals surface area contributed by atoms with Gasteiger partial charge in [0.1, 0.15) is 0 Å². The maximum Gasteiger partial charge on any atom is 0.219 e.